The Morgan fingerprint density at radius 1 is 0.879 bits per heavy atom. The Morgan fingerprint density at radius 3 is 2.33 bits per heavy atom. The van der Waals surface area contributed by atoms with Crippen molar-refractivity contribution in [3.05, 3.63) is 77.6 Å². The van der Waals surface area contributed by atoms with E-state index >= 15 is 0 Å². The second-order valence-corrected chi connectivity index (χ2v) is 11.9. The van der Waals surface area contributed by atoms with E-state index in [0.29, 0.717) is 17.4 Å². The molecular formula is C30H34FNO. The SMILES string of the molecule is C[C@]12CC3CC(NCc4c(OCc5ccc(F)cc5)ccc5ccccc45)(C1)C[C@@](C)(C3)C2. The molecule has 0 spiro atoms. The molecule has 4 aliphatic rings. The molecule has 0 aliphatic heterocycles. The Hall–Kier alpha value is -2.39. The Balaban J connectivity index is 1.29. The van der Waals surface area contributed by atoms with E-state index in [9.17, 15) is 4.39 Å². The Morgan fingerprint density at radius 2 is 1.61 bits per heavy atom. The van der Waals surface area contributed by atoms with Gasteiger partial charge in [0.2, 0.25) is 0 Å². The van der Waals surface area contributed by atoms with Crippen LogP contribution in [-0.2, 0) is 13.2 Å². The number of rotatable bonds is 6. The monoisotopic (exact) mass is 443 g/mol. The van der Waals surface area contributed by atoms with Gasteiger partial charge < -0.3 is 10.1 Å². The van der Waals surface area contributed by atoms with Gasteiger partial charge in [-0.1, -0.05) is 56.3 Å². The smallest absolute Gasteiger partial charge is 0.124 e. The molecule has 4 atom stereocenters. The fraction of sp³-hybridized carbons (Fsp3) is 0.467. The number of hydrogen-bond acceptors (Lipinski definition) is 2. The molecule has 3 heteroatoms. The molecule has 3 aromatic rings. The zero-order chi connectivity index (χ0) is 22.7. The van der Waals surface area contributed by atoms with Crippen LogP contribution in [0.3, 0.4) is 0 Å². The molecular weight excluding hydrogens is 409 g/mol. The lowest BCUT2D eigenvalue weighted by Crippen LogP contribution is -2.63. The van der Waals surface area contributed by atoms with Gasteiger partial charge in [-0.15, -0.1) is 0 Å². The van der Waals surface area contributed by atoms with E-state index in [1.165, 1.54) is 67.0 Å². The number of ether oxygens (including phenoxy) is 1. The van der Waals surface area contributed by atoms with Gasteiger partial charge in [-0.05, 0) is 89.8 Å². The molecule has 3 aromatic carbocycles. The molecule has 1 N–H and O–H groups in total. The minimum Gasteiger partial charge on any atom is -0.489 e. The maximum Gasteiger partial charge on any atom is 0.124 e. The summed E-state index contributed by atoms with van der Waals surface area (Å²) >= 11 is 0. The molecule has 4 aliphatic carbocycles. The summed E-state index contributed by atoms with van der Waals surface area (Å²) in [4.78, 5) is 0. The topological polar surface area (TPSA) is 21.3 Å². The summed E-state index contributed by atoms with van der Waals surface area (Å²) < 4.78 is 19.6. The van der Waals surface area contributed by atoms with Crippen molar-refractivity contribution in [3.8, 4) is 5.75 Å². The van der Waals surface area contributed by atoms with Crippen LogP contribution in [-0.4, -0.2) is 5.54 Å². The van der Waals surface area contributed by atoms with E-state index in [2.05, 4.69) is 55.6 Å². The normalized spacial score (nSPS) is 32.4. The minimum absolute atomic E-state index is 0.215. The maximum absolute atomic E-state index is 13.3. The molecule has 7 rings (SSSR count). The highest BCUT2D eigenvalue weighted by atomic mass is 19.1. The second-order valence-electron chi connectivity index (χ2n) is 11.9. The maximum atomic E-state index is 13.3. The first-order chi connectivity index (χ1) is 15.8. The Kier molecular flexibility index (Phi) is 4.85. The summed E-state index contributed by atoms with van der Waals surface area (Å²) in [5.74, 6) is 1.57. The van der Waals surface area contributed by atoms with Crippen LogP contribution in [0.1, 0.15) is 63.5 Å². The summed E-state index contributed by atoms with van der Waals surface area (Å²) in [6, 6.07) is 19.4. The molecule has 0 radical (unpaired) electrons. The lowest BCUT2D eigenvalue weighted by Gasteiger charge is -2.65. The lowest BCUT2D eigenvalue weighted by molar-refractivity contribution is -0.118. The average molecular weight is 444 g/mol. The molecule has 0 heterocycles. The van der Waals surface area contributed by atoms with Crippen molar-refractivity contribution >= 4 is 10.8 Å². The molecule has 172 valence electrons. The minimum atomic E-state index is -0.215. The van der Waals surface area contributed by atoms with Crippen molar-refractivity contribution < 1.29 is 9.13 Å². The molecule has 2 nitrogen and oxygen atoms in total. The standard InChI is InChI=1S/C30H34FNO/c1-28-13-22-14-29(2,18-28)20-30(15-22,19-28)32-16-26-25-6-4-3-5-23(25)9-12-27(26)33-17-21-7-10-24(31)11-8-21/h3-12,22,32H,13-20H2,1-2H3/t22?,28-,29+,30?. The van der Waals surface area contributed by atoms with Crippen LogP contribution in [0.25, 0.3) is 10.8 Å². The average Bonchev–Trinajstić information content (AvgIpc) is 2.75. The van der Waals surface area contributed by atoms with Gasteiger partial charge in [0.25, 0.3) is 0 Å². The molecule has 0 saturated heterocycles. The van der Waals surface area contributed by atoms with Crippen molar-refractivity contribution in [2.45, 2.75) is 71.1 Å². The third-order valence-electron chi connectivity index (χ3n) is 8.57. The van der Waals surface area contributed by atoms with Crippen LogP contribution in [0.4, 0.5) is 4.39 Å². The predicted octanol–water partition coefficient (Wildman–Crippen LogP) is 7.40. The first-order valence-electron chi connectivity index (χ1n) is 12.5. The fourth-order valence-electron chi connectivity index (χ4n) is 8.30. The number of fused-ring (bicyclic) bond motifs is 1. The summed E-state index contributed by atoms with van der Waals surface area (Å²) in [7, 11) is 0. The zero-order valence-corrected chi connectivity index (χ0v) is 19.8. The lowest BCUT2D eigenvalue weighted by atomic mass is 9.43. The Bertz CT molecular complexity index is 1170. The molecule has 0 aromatic heterocycles. The molecule has 2 unspecified atom stereocenters. The third-order valence-corrected chi connectivity index (χ3v) is 8.57. The van der Waals surface area contributed by atoms with E-state index < -0.39 is 0 Å². The van der Waals surface area contributed by atoms with Gasteiger partial charge >= 0.3 is 0 Å². The van der Waals surface area contributed by atoms with Crippen LogP contribution in [0.2, 0.25) is 0 Å². The van der Waals surface area contributed by atoms with E-state index in [0.717, 1.165) is 23.8 Å². The van der Waals surface area contributed by atoms with Crippen LogP contribution >= 0.6 is 0 Å². The molecule has 4 bridgehead atoms. The van der Waals surface area contributed by atoms with Crippen LogP contribution in [0.5, 0.6) is 5.75 Å². The second kappa shape index (κ2) is 7.56. The van der Waals surface area contributed by atoms with Gasteiger partial charge in [-0.3, -0.25) is 0 Å². The van der Waals surface area contributed by atoms with E-state index in [-0.39, 0.29) is 11.4 Å². The summed E-state index contributed by atoms with van der Waals surface area (Å²) in [5.41, 5.74) is 3.43. The summed E-state index contributed by atoms with van der Waals surface area (Å²) in [6.07, 6.45) is 8.11. The highest BCUT2D eigenvalue weighted by molar-refractivity contribution is 5.87. The molecule has 4 saturated carbocycles. The number of benzene rings is 3. The number of halogens is 1. The molecule has 0 amide bonds. The van der Waals surface area contributed by atoms with Gasteiger partial charge in [0, 0.05) is 17.6 Å². The van der Waals surface area contributed by atoms with Crippen molar-refractivity contribution in [3.63, 3.8) is 0 Å². The summed E-state index contributed by atoms with van der Waals surface area (Å²) in [5, 5.41) is 6.60. The van der Waals surface area contributed by atoms with Gasteiger partial charge in [0.05, 0.1) is 0 Å². The van der Waals surface area contributed by atoms with Gasteiger partial charge in [-0.2, -0.15) is 0 Å². The van der Waals surface area contributed by atoms with Crippen molar-refractivity contribution in [2.75, 3.05) is 0 Å². The number of hydrogen-bond donors (Lipinski definition) is 1. The molecule has 33 heavy (non-hydrogen) atoms. The van der Waals surface area contributed by atoms with E-state index in [4.69, 9.17) is 4.74 Å². The van der Waals surface area contributed by atoms with Gasteiger partial charge in [0.1, 0.15) is 18.2 Å². The first kappa shape index (κ1) is 21.2. The van der Waals surface area contributed by atoms with Crippen LogP contribution in [0, 0.1) is 22.6 Å². The van der Waals surface area contributed by atoms with Gasteiger partial charge in [-0.25, -0.2) is 4.39 Å². The van der Waals surface area contributed by atoms with Crippen LogP contribution < -0.4 is 10.1 Å². The van der Waals surface area contributed by atoms with E-state index in [1.54, 1.807) is 12.1 Å². The quantitative estimate of drug-likeness (QED) is 0.429. The largest absolute Gasteiger partial charge is 0.489 e. The van der Waals surface area contributed by atoms with Gasteiger partial charge in [0.15, 0.2) is 0 Å². The summed E-state index contributed by atoms with van der Waals surface area (Å²) in [6.45, 7) is 6.32. The van der Waals surface area contributed by atoms with Crippen molar-refractivity contribution in [1.82, 2.24) is 5.32 Å². The molecule has 4 fully saturated rings. The van der Waals surface area contributed by atoms with Crippen molar-refractivity contribution in [1.29, 1.82) is 0 Å². The highest BCUT2D eigenvalue weighted by Gasteiger charge is 2.59. The number of nitrogens with one attached hydrogen (secondary N) is 1. The van der Waals surface area contributed by atoms with E-state index in [1.807, 2.05) is 0 Å². The third kappa shape index (κ3) is 3.95. The first-order valence-corrected chi connectivity index (χ1v) is 12.5. The predicted molar refractivity (Wildman–Crippen MR) is 132 cm³/mol. The van der Waals surface area contributed by atoms with Crippen LogP contribution in [0.15, 0.2) is 60.7 Å². The highest BCUT2D eigenvalue weighted by Crippen LogP contribution is 2.66. The Labute approximate surface area is 196 Å². The van der Waals surface area contributed by atoms with Crippen molar-refractivity contribution in [2.24, 2.45) is 16.7 Å². The zero-order valence-electron chi connectivity index (χ0n) is 19.8. The fourth-order valence-corrected chi connectivity index (χ4v) is 8.30.